The number of hydrogen-bond donors (Lipinski definition) is 0. The summed E-state index contributed by atoms with van der Waals surface area (Å²) >= 11 is 0. The van der Waals surface area contributed by atoms with E-state index in [0.29, 0.717) is 16.3 Å². The van der Waals surface area contributed by atoms with E-state index in [9.17, 15) is 0 Å². The molecule has 8 rings (SSSR count). The SMILES string of the molecule is O=P1(c2cc(-c3ccccc3)nc(-c3ccccc3)c2)c2oc3c(c2-c2c1oc1ccccc21)C=CCC3. The van der Waals surface area contributed by atoms with E-state index < -0.39 is 7.14 Å². The fourth-order valence-corrected chi connectivity index (χ4v) is 8.57. The van der Waals surface area contributed by atoms with Gasteiger partial charge in [0.1, 0.15) is 11.3 Å². The Hall–Kier alpha value is -4.40. The number of aromatic nitrogens is 1. The normalized spacial score (nSPS) is 17.4. The molecule has 0 saturated carbocycles. The summed E-state index contributed by atoms with van der Waals surface area (Å²) in [5.74, 6) is 0.897. The van der Waals surface area contributed by atoms with Gasteiger partial charge in [0.2, 0.25) is 7.14 Å². The zero-order valence-electron chi connectivity index (χ0n) is 20.4. The summed E-state index contributed by atoms with van der Waals surface area (Å²) in [7, 11) is -3.48. The van der Waals surface area contributed by atoms with E-state index >= 15 is 4.57 Å². The van der Waals surface area contributed by atoms with Gasteiger partial charge in [-0.25, -0.2) is 4.98 Å². The Balaban J connectivity index is 1.47. The van der Waals surface area contributed by atoms with Gasteiger partial charge in [0.25, 0.3) is 0 Å². The third-order valence-electron chi connectivity index (χ3n) is 7.54. The smallest absolute Gasteiger partial charge is 0.239 e. The minimum Gasteiger partial charge on any atom is -0.456 e. The summed E-state index contributed by atoms with van der Waals surface area (Å²) < 4.78 is 28.5. The van der Waals surface area contributed by atoms with Crippen LogP contribution in [0.15, 0.2) is 112 Å². The Morgan fingerprint density at radius 3 is 2.05 bits per heavy atom. The fourth-order valence-electron chi connectivity index (χ4n) is 5.75. The average Bonchev–Trinajstić information content (AvgIpc) is 3.62. The van der Waals surface area contributed by atoms with E-state index in [0.717, 1.165) is 68.8 Å². The highest BCUT2D eigenvalue weighted by Crippen LogP contribution is 2.57. The first-order valence-corrected chi connectivity index (χ1v) is 14.5. The van der Waals surface area contributed by atoms with E-state index in [1.807, 2.05) is 97.1 Å². The third-order valence-corrected chi connectivity index (χ3v) is 10.3. The van der Waals surface area contributed by atoms with E-state index in [2.05, 4.69) is 12.2 Å². The Kier molecular flexibility index (Phi) is 4.59. The molecule has 1 atom stereocenters. The molecule has 0 saturated heterocycles. The first kappa shape index (κ1) is 21.7. The molecule has 1 unspecified atom stereocenters. The van der Waals surface area contributed by atoms with Crippen molar-refractivity contribution in [2.75, 3.05) is 0 Å². The molecule has 5 heteroatoms. The molecule has 0 N–H and O–H groups in total. The molecule has 0 spiro atoms. The van der Waals surface area contributed by atoms with Crippen molar-refractivity contribution in [1.82, 2.24) is 4.98 Å². The van der Waals surface area contributed by atoms with Gasteiger partial charge in [0, 0.05) is 44.9 Å². The van der Waals surface area contributed by atoms with Crippen LogP contribution in [-0.4, -0.2) is 4.98 Å². The van der Waals surface area contributed by atoms with Gasteiger partial charge in [-0.15, -0.1) is 0 Å². The van der Waals surface area contributed by atoms with Crippen LogP contribution in [0.5, 0.6) is 0 Å². The van der Waals surface area contributed by atoms with Gasteiger partial charge in [0.05, 0.1) is 11.4 Å². The zero-order chi connectivity index (χ0) is 25.3. The van der Waals surface area contributed by atoms with Gasteiger partial charge < -0.3 is 13.4 Å². The average molecular weight is 512 g/mol. The van der Waals surface area contributed by atoms with Crippen LogP contribution in [0.4, 0.5) is 0 Å². The Morgan fingerprint density at radius 2 is 1.34 bits per heavy atom. The third kappa shape index (κ3) is 2.98. The van der Waals surface area contributed by atoms with Gasteiger partial charge in [-0.2, -0.15) is 0 Å². The molecule has 1 aliphatic heterocycles. The van der Waals surface area contributed by atoms with E-state index in [4.69, 9.17) is 13.8 Å². The maximum atomic E-state index is 15.6. The highest BCUT2D eigenvalue weighted by molar-refractivity contribution is 7.85. The van der Waals surface area contributed by atoms with E-state index in [1.165, 1.54) is 0 Å². The molecule has 3 aromatic heterocycles. The number of para-hydroxylation sites is 1. The molecule has 2 aliphatic rings. The van der Waals surface area contributed by atoms with Crippen LogP contribution < -0.4 is 16.3 Å². The number of pyridine rings is 1. The summed E-state index contributed by atoms with van der Waals surface area (Å²) in [5.41, 5.74) is 8.05. The lowest BCUT2D eigenvalue weighted by Crippen LogP contribution is -2.21. The predicted molar refractivity (Wildman–Crippen MR) is 153 cm³/mol. The van der Waals surface area contributed by atoms with Gasteiger partial charge in [-0.3, -0.25) is 0 Å². The van der Waals surface area contributed by atoms with Crippen molar-refractivity contribution >= 4 is 40.5 Å². The molecule has 6 aromatic rings. The van der Waals surface area contributed by atoms with Crippen molar-refractivity contribution in [3.05, 3.63) is 114 Å². The number of hydrogen-bond acceptors (Lipinski definition) is 4. The van der Waals surface area contributed by atoms with Crippen LogP contribution in [0.2, 0.25) is 0 Å². The monoisotopic (exact) mass is 511 g/mol. The van der Waals surface area contributed by atoms with Crippen LogP contribution in [-0.2, 0) is 11.0 Å². The molecule has 3 aromatic carbocycles. The second kappa shape index (κ2) is 8.05. The molecule has 38 heavy (non-hydrogen) atoms. The number of nitrogens with zero attached hydrogens (tertiary/aromatic N) is 1. The largest absolute Gasteiger partial charge is 0.456 e. The fraction of sp³-hybridized carbons (Fsp3) is 0.0606. The van der Waals surface area contributed by atoms with Crippen molar-refractivity contribution in [1.29, 1.82) is 0 Å². The topological polar surface area (TPSA) is 56.2 Å². The molecular weight excluding hydrogens is 489 g/mol. The number of aryl methyl sites for hydroxylation is 1. The van der Waals surface area contributed by atoms with Gasteiger partial charge >= 0.3 is 0 Å². The molecule has 0 radical (unpaired) electrons. The molecule has 1 aliphatic carbocycles. The summed E-state index contributed by atoms with van der Waals surface area (Å²) in [6.45, 7) is 0. The molecule has 4 nitrogen and oxygen atoms in total. The Labute approximate surface area is 219 Å². The molecule has 4 heterocycles. The summed E-state index contributed by atoms with van der Waals surface area (Å²) in [4.78, 5) is 5.00. The first-order valence-electron chi connectivity index (χ1n) is 12.8. The second-order valence-corrected chi connectivity index (χ2v) is 12.3. The molecule has 0 fully saturated rings. The minimum absolute atomic E-state index is 0.499. The van der Waals surface area contributed by atoms with Gasteiger partial charge in [-0.05, 0) is 24.6 Å². The number of rotatable bonds is 3. The van der Waals surface area contributed by atoms with Crippen molar-refractivity contribution in [2.24, 2.45) is 0 Å². The minimum atomic E-state index is -3.48. The highest BCUT2D eigenvalue weighted by atomic mass is 31.2. The standard InChI is InChI=1S/C33H22NO3P/c35-38(23-19-26(21-11-3-1-4-12-21)34-27(20-23)22-13-5-2-6-14-22)32-30(24-15-7-9-17-28(24)36-32)31-25-16-8-10-18-29(25)37-33(31)38/h1-9,11-17,19-20H,10,18H2. The van der Waals surface area contributed by atoms with Crippen LogP contribution in [0.1, 0.15) is 17.7 Å². The van der Waals surface area contributed by atoms with Crippen molar-refractivity contribution in [2.45, 2.75) is 12.8 Å². The number of allylic oxidation sites excluding steroid dienone is 1. The van der Waals surface area contributed by atoms with Crippen LogP contribution in [0.3, 0.4) is 0 Å². The van der Waals surface area contributed by atoms with E-state index in [1.54, 1.807) is 0 Å². The second-order valence-electron chi connectivity index (χ2n) is 9.78. The zero-order valence-corrected chi connectivity index (χ0v) is 21.3. The lowest BCUT2D eigenvalue weighted by molar-refractivity contribution is 0.524. The van der Waals surface area contributed by atoms with Crippen molar-refractivity contribution in [3.8, 4) is 33.6 Å². The van der Waals surface area contributed by atoms with Gasteiger partial charge in [-0.1, -0.05) is 91.0 Å². The van der Waals surface area contributed by atoms with Gasteiger partial charge in [0.15, 0.2) is 11.0 Å². The van der Waals surface area contributed by atoms with Crippen molar-refractivity contribution < 1.29 is 13.4 Å². The molecule has 0 bridgehead atoms. The summed E-state index contributed by atoms with van der Waals surface area (Å²) in [6, 6.07) is 31.9. The summed E-state index contributed by atoms with van der Waals surface area (Å²) in [5, 5.41) is 1.63. The Morgan fingerprint density at radius 1 is 0.711 bits per heavy atom. The van der Waals surface area contributed by atoms with E-state index in [-0.39, 0.29) is 0 Å². The Bertz CT molecular complexity index is 1890. The maximum absolute atomic E-state index is 15.6. The predicted octanol–water partition coefficient (Wildman–Crippen LogP) is 7.33. The molecular formula is C33H22NO3P. The maximum Gasteiger partial charge on any atom is 0.239 e. The lowest BCUT2D eigenvalue weighted by atomic mass is 9.97. The summed E-state index contributed by atoms with van der Waals surface area (Å²) in [6.07, 6.45) is 5.98. The highest BCUT2D eigenvalue weighted by Gasteiger charge is 2.50. The van der Waals surface area contributed by atoms with Crippen LogP contribution in [0.25, 0.3) is 50.7 Å². The quantitative estimate of drug-likeness (QED) is 0.233. The number of fused-ring (bicyclic) bond motifs is 7. The first-order chi connectivity index (χ1) is 18.7. The van der Waals surface area contributed by atoms with Crippen molar-refractivity contribution in [3.63, 3.8) is 0 Å². The molecule has 0 amide bonds. The van der Waals surface area contributed by atoms with Crippen LogP contribution in [0, 0.1) is 0 Å². The van der Waals surface area contributed by atoms with Crippen LogP contribution >= 0.6 is 7.14 Å². The number of furan rings is 2. The number of benzene rings is 3. The molecule has 182 valence electrons. The lowest BCUT2D eigenvalue weighted by Gasteiger charge is -2.15.